The van der Waals surface area contributed by atoms with Gasteiger partial charge >= 0.3 is 5.63 Å². The van der Waals surface area contributed by atoms with Crippen LogP contribution in [0.2, 0.25) is 0 Å². The van der Waals surface area contributed by atoms with E-state index in [0.717, 1.165) is 18.2 Å². The number of rotatable bonds is 14. The predicted molar refractivity (Wildman–Crippen MR) is 119 cm³/mol. The molecule has 0 atom stereocenters. The lowest BCUT2D eigenvalue weighted by atomic mass is 10.0. The van der Waals surface area contributed by atoms with Crippen molar-refractivity contribution in [3.8, 4) is 5.75 Å². The number of phenolic OH excluding ortho intramolecular Hbond substituents is 1. The van der Waals surface area contributed by atoms with Crippen molar-refractivity contribution in [2.45, 2.75) is 96.8 Å². The Bertz CT molecular complexity index is 765. The van der Waals surface area contributed by atoms with Crippen LogP contribution in [0.25, 0.3) is 11.0 Å². The van der Waals surface area contributed by atoms with Crippen molar-refractivity contribution in [2.75, 3.05) is 0 Å². The zero-order valence-electron chi connectivity index (χ0n) is 18.4. The first-order chi connectivity index (χ1) is 14.5. The number of hydrogen-bond acceptors (Lipinski definition) is 5. The summed E-state index contributed by atoms with van der Waals surface area (Å²) in [6, 6.07) is 7.65. The predicted octanol–water partition coefficient (Wildman–Crippen LogP) is 5.72. The highest BCUT2D eigenvalue weighted by Crippen LogP contribution is 2.17. The summed E-state index contributed by atoms with van der Waals surface area (Å²) in [6.45, 7) is 2.26. The fourth-order valence-corrected chi connectivity index (χ4v) is 3.34. The first kappa shape index (κ1) is 25.7. The number of carbonyl (C=O) groups is 1. The molecule has 5 nitrogen and oxygen atoms in total. The highest BCUT2D eigenvalue weighted by Gasteiger charge is 1.97. The normalized spacial score (nSPS) is 10.6. The summed E-state index contributed by atoms with van der Waals surface area (Å²) in [5, 5.41) is 20.0. The van der Waals surface area contributed by atoms with Gasteiger partial charge in [0, 0.05) is 23.5 Å². The fourth-order valence-electron chi connectivity index (χ4n) is 3.34. The number of unbranched alkanes of at least 4 members (excludes halogenated alkanes) is 12. The lowest BCUT2D eigenvalue weighted by molar-refractivity contribution is -0.305. The smallest absolute Gasteiger partial charge is 0.336 e. The van der Waals surface area contributed by atoms with Crippen molar-refractivity contribution in [2.24, 2.45) is 0 Å². The molecule has 2 rings (SSSR count). The van der Waals surface area contributed by atoms with Crippen LogP contribution in [0.3, 0.4) is 0 Å². The maximum Gasteiger partial charge on any atom is 0.336 e. The number of fused-ring (bicyclic) bond motifs is 1. The number of carboxylic acid groups (broad SMARTS) is 1. The SMILES string of the molecule is CCCCCCCCCCCCCCCC(=O)[O-].O=c1ccc2ccc(O)cc2o1. The van der Waals surface area contributed by atoms with Crippen molar-refractivity contribution in [3.63, 3.8) is 0 Å². The van der Waals surface area contributed by atoms with E-state index in [0.29, 0.717) is 5.58 Å². The number of phenols is 1. The van der Waals surface area contributed by atoms with E-state index in [4.69, 9.17) is 9.52 Å². The van der Waals surface area contributed by atoms with Crippen LogP contribution in [-0.2, 0) is 4.79 Å². The Hall–Kier alpha value is -2.30. The first-order valence-electron chi connectivity index (χ1n) is 11.5. The van der Waals surface area contributed by atoms with Gasteiger partial charge in [0.15, 0.2) is 0 Å². The highest BCUT2D eigenvalue weighted by atomic mass is 16.4. The molecule has 0 unspecified atom stereocenters. The summed E-state index contributed by atoms with van der Waals surface area (Å²) in [7, 11) is 0. The molecule has 0 spiro atoms. The van der Waals surface area contributed by atoms with Crippen LogP contribution in [0.15, 0.2) is 39.5 Å². The fraction of sp³-hybridized carbons (Fsp3) is 0.600. The highest BCUT2D eigenvalue weighted by molar-refractivity contribution is 5.77. The molecule has 1 aromatic carbocycles. The molecule has 0 fully saturated rings. The van der Waals surface area contributed by atoms with Crippen LogP contribution < -0.4 is 10.7 Å². The summed E-state index contributed by atoms with van der Waals surface area (Å²) in [4.78, 5) is 20.9. The van der Waals surface area contributed by atoms with Crippen molar-refractivity contribution < 1.29 is 19.4 Å². The van der Waals surface area contributed by atoms with Crippen LogP contribution in [0, 0.1) is 0 Å². The largest absolute Gasteiger partial charge is 0.550 e. The quantitative estimate of drug-likeness (QED) is 0.314. The standard InChI is InChI=1S/C16H32O2.C9H6O3/c1-2-3-4-5-6-7-8-9-10-11-12-13-14-15-16(17)18;10-7-3-1-6-2-4-9(11)12-8(6)5-7/h2-15H2,1H3,(H,17,18);1-5,10H/p-1. The summed E-state index contributed by atoms with van der Waals surface area (Å²) in [6.07, 6.45) is 16.9. The van der Waals surface area contributed by atoms with Gasteiger partial charge in [-0.15, -0.1) is 0 Å². The van der Waals surface area contributed by atoms with Crippen LogP contribution in [0.5, 0.6) is 5.75 Å². The minimum atomic E-state index is -0.905. The van der Waals surface area contributed by atoms with Crippen molar-refractivity contribution >= 4 is 16.9 Å². The first-order valence-corrected chi connectivity index (χ1v) is 11.5. The molecule has 0 aliphatic heterocycles. The van der Waals surface area contributed by atoms with Gasteiger partial charge in [-0.2, -0.15) is 0 Å². The van der Waals surface area contributed by atoms with E-state index in [-0.39, 0.29) is 12.2 Å². The number of aliphatic carboxylic acids is 1. The molecular formula is C25H37O5-. The molecule has 0 amide bonds. The third kappa shape index (κ3) is 13.0. The minimum absolute atomic E-state index is 0.0943. The van der Waals surface area contributed by atoms with Crippen molar-refractivity contribution in [3.05, 3.63) is 40.8 Å². The molecule has 168 valence electrons. The maximum absolute atomic E-state index is 10.7. The number of benzene rings is 1. The van der Waals surface area contributed by atoms with E-state index in [1.807, 2.05) is 0 Å². The molecule has 0 saturated carbocycles. The number of aromatic hydroxyl groups is 1. The van der Waals surface area contributed by atoms with Crippen LogP contribution in [0.1, 0.15) is 96.8 Å². The summed E-state index contributed by atoms with van der Waals surface area (Å²) in [5.74, 6) is -0.810. The van der Waals surface area contributed by atoms with E-state index in [1.54, 1.807) is 18.2 Å². The minimum Gasteiger partial charge on any atom is -0.550 e. The summed E-state index contributed by atoms with van der Waals surface area (Å²) < 4.78 is 4.83. The Kier molecular flexibility index (Phi) is 14.1. The molecule has 2 aromatic rings. The second-order valence-corrected chi connectivity index (χ2v) is 7.84. The molecule has 0 bridgehead atoms. The van der Waals surface area contributed by atoms with E-state index < -0.39 is 11.6 Å². The van der Waals surface area contributed by atoms with Gasteiger partial charge in [0.25, 0.3) is 0 Å². The monoisotopic (exact) mass is 417 g/mol. The average molecular weight is 418 g/mol. The van der Waals surface area contributed by atoms with Crippen LogP contribution in [0.4, 0.5) is 0 Å². The average Bonchev–Trinajstić information content (AvgIpc) is 2.71. The Morgan fingerprint density at radius 2 is 1.33 bits per heavy atom. The third-order valence-electron chi connectivity index (χ3n) is 5.09. The number of carbonyl (C=O) groups excluding carboxylic acids is 1. The molecular weight excluding hydrogens is 380 g/mol. The number of carboxylic acids is 1. The second kappa shape index (κ2) is 16.5. The van der Waals surface area contributed by atoms with Gasteiger partial charge in [-0.1, -0.05) is 84.0 Å². The van der Waals surface area contributed by atoms with Gasteiger partial charge in [-0.3, -0.25) is 0 Å². The Labute approximate surface area is 180 Å². The molecule has 1 aromatic heterocycles. The molecule has 0 radical (unpaired) electrons. The Morgan fingerprint density at radius 1 is 0.833 bits per heavy atom. The van der Waals surface area contributed by atoms with E-state index in [2.05, 4.69) is 6.92 Å². The zero-order valence-corrected chi connectivity index (χ0v) is 18.4. The molecule has 1 N–H and O–H groups in total. The van der Waals surface area contributed by atoms with Crippen LogP contribution >= 0.6 is 0 Å². The molecule has 1 heterocycles. The lowest BCUT2D eigenvalue weighted by Gasteiger charge is -2.03. The summed E-state index contributed by atoms with van der Waals surface area (Å²) >= 11 is 0. The topological polar surface area (TPSA) is 90.6 Å². The van der Waals surface area contributed by atoms with E-state index in [1.165, 1.54) is 82.8 Å². The molecule has 0 aliphatic rings. The number of hydrogen-bond donors (Lipinski definition) is 1. The van der Waals surface area contributed by atoms with Gasteiger partial charge in [0.2, 0.25) is 0 Å². The Morgan fingerprint density at radius 3 is 1.87 bits per heavy atom. The van der Waals surface area contributed by atoms with Gasteiger partial charge in [0.05, 0.1) is 0 Å². The van der Waals surface area contributed by atoms with Gasteiger partial charge in [0.1, 0.15) is 11.3 Å². The molecule has 5 heteroatoms. The second-order valence-electron chi connectivity index (χ2n) is 7.84. The third-order valence-corrected chi connectivity index (χ3v) is 5.09. The molecule has 0 saturated heterocycles. The van der Waals surface area contributed by atoms with Crippen LogP contribution in [-0.4, -0.2) is 11.1 Å². The van der Waals surface area contributed by atoms with Gasteiger partial charge in [-0.05, 0) is 31.0 Å². The summed E-state index contributed by atoms with van der Waals surface area (Å²) in [5.41, 5.74) is -0.00407. The zero-order chi connectivity index (χ0) is 22.0. The van der Waals surface area contributed by atoms with Crippen molar-refractivity contribution in [1.82, 2.24) is 0 Å². The lowest BCUT2D eigenvalue weighted by Crippen LogP contribution is -2.21. The van der Waals surface area contributed by atoms with Gasteiger partial charge in [-0.25, -0.2) is 4.79 Å². The Balaban J connectivity index is 0.000000321. The molecule has 30 heavy (non-hydrogen) atoms. The maximum atomic E-state index is 10.7. The molecule has 0 aliphatic carbocycles. The van der Waals surface area contributed by atoms with Crippen molar-refractivity contribution in [1.29, 1.82) is 0 Å². The van der Waals surface area contributed by atoms with E-state index >= 15 is 0 Å². The van der Waals surface area contributed by atoms with E-state index in [9.17, 15) is 14.7 Å². The van der Waals surface area contributed by atoms with Gasteiger partial charge < -0.3 is 19.4 Å².